The molecule has 4 nitrogen and oxygen atoms in total. The maximum atomic E-state index is 4.78. The van der Waals surface area contributed by atoms with Gasteiger partial charge in [0.2, 0.25) is 0 Å². The van der Waals surface area contributed by atoms with Gasteiger partial charge in [-0.2, -0.15) is 0 Å². The van der Waals surface area contributed by atoms with Gasteiger partial charge in [0.15, 0.2) is 5.96 Å². The molecule has 0 radical (unpaired) electrons. The summed E-state index contributed by atoms with van der Waals surface area (Å²) in [5.41, 5.74) is 0.460. The summed E-state index contributed by atoms with van der Waals surface area (Å²) in [7, 11) is 0. The molecule has 0 aliphatic carbocycles. The van der Waals surface area contributed by atoms with Gasteiger partial charge in [-0.05, 0) is 27.7 Å². The number of likely N-dealkylation sites (tertiary alicyclic amines) is 1. The van der Waals surface area contributed by atoms with Crippen LogP contribution >= 0.6 is 35.3 Å². The molecule has 1 aliphatic rings. The molecule has 1 aliphatic heterocycles. The molecule has 21 heavy (non-hydrogen) atoms. The van der Waals surface area contributed by atoms with Crippen LogP contribution in [0.15, 0.2) is 11.2 Å². The molecule has 1 aromatic heterocycles. The number of nitrogens with zero attached hydrogens (tertiary/aromatic N) is 3. The molecule has 1 N–H and O–H groups in total. The van der Waals surface area contributed by atoms with Gasteiger partial charge in [0.25, 0.3) is 0 Å². The lowest BCUT2D eigenvalue weighted by molar-refractivity contribution is -0.0667. The summed E-state index contributed by atoms with van der Waals surface area (Å²) < 4.78 is 0. The van der Waals surface area contributed by atoms with E-state index in [1.54, 1.807) is 11.3 Å². The van der Waals surface area contributed by atoms with Crippen molar-refractivity contribution in [2.24, 2.45) is 10.4 Å². The van der Waals surface area contributed by atoms with Gasteiger partial charge in [-0.25, -0.2) is 9.98 Å². The minimum atomic E-state index is 0. The maximum Gasteiger partial charge on any atom is 0.194 e. The zero-order chi connectivity index (χ0) is 15.0. The number of guanidine groups is 1. The van der Waals surface area contributed by atoms with Crippen LogP contribution in [0.3, 0.4) is 0 Å². The van der Waals surface area contributed by atoms with E-state index in [1.165, 1.54) is 4.88 Å². The van der Waals surface area contributed by atoms with Gasteiger partial charge in [0.05, 0.1) is 11.6 Å². The zero-order valence-electron chi connectivity index (χ0n) is 13.9. The Hall–Kier alpha value is -0.370. The minimum absolute atomic E-state index is 0. The van der Waals surface area contributed by atoms with E-state index in [-0.39, 0.29) is 29.5 Å². The summed E-state index contributed by atoms with van der Waals surface area (Å²) in [6, 6.07) is 0. The van der Waals surface area contributed by atoms with Crippen molar-refractivity contribution < 1.29 is 0 Å². The first kappa shape index (κ1) is 18.7. The average Bonchev–Trinajstić information content (AvgIpc) is 2.78. The van der Waals surface area contributed by atoms with Gasteiger partial charge in [-0.3, -0.25) is 0 Å². The maximum absolute atomic E-state index is 4.78. The van der Waals surface area contributed by atoms with Crippen molar-refractivity contribution in [3.05, 3.63) is 16.1 Å². The van der Waals surface area contributed by atoms with Crippen molar-refractivity contribution in [2.45, 2.75) is 53.6 Å². The van der Waals surface area contributed by atoms with Crippen LogP contribution < -0.4 is 5.32 Å². The van der Waals surface area contributed by atoms with Crippen LogP contribution in [-0.4, -0.2) is 34.5 Å². The van der Waals surface area contributed by atoms with E-state index in [4.69, 9.17) is 4.99 Å². The monoisotopic (exact) mass is 422 g/mol. The SMILES string of the molecule is CCNC(=NCc1cnc(C)s1)N1CC(C)(C)C1(C)C.I. The highest BCUT2D eigenvalue weighted by molar-refractivity contribution is 14.0. The second kappa shape index (κ2) is 6.81. The Morgan fingerprint density at radius 1 is 1.43 bits per heavy atom. The molecule has 6 heteroatoms. The van der Waals surface area contributed by atoms with Gasteiger partial charge < -0.3 is 10.2 Å². The van der Waals surface area contributed by atoms with Crippen LogP contribution in [0.2, 0.25) is 0 Å². The summed E-state index contributed by atoms with van der Waals surface area (Å²) >= 11 is 1.72. The molecule has 1 fully saturated rings. The summed E-state index contributed by atoms with van der Waals surface area (Å²) in [6.45, 7) is 16.0. The number of aliphatic imine (C=N–C) groups is 1. The van der Waals surface area contributed by atoms with E-state index in [9.17, 15) is 0 Å². The number of halogens is 1. The number of hydrogen-bond acceptors (Lipinski definition) is 3. The highest BCUT2D eigenvalue weighted by Crippen LogP contribution is 2.46. The molecular weight excluding hydrogens is 395 g/mol. The van der Waals surface area contributed by atoms with E-state index in [0.29, 0.717) is 12.0 Å². The first-order valence-corrected chi connectivity index (χ1v) is 8.07. The molecule has 0 saturated carbocycles. The Labute approximate surface area is 149 Å². The van der Waals surface area contributed by atoms with Crippen LogP contribution in [0, 0.1) is 12.3 Å². The number of rotatable bonds is 3. The summed E-state index contributed by atoms with van der Waals surface area (Å²) in [4.78, 5) is 12.7. The van der Waals surface area contributed by atoms with Gasteiger partial charge in [-0.1, -0.05) is 13.8 Å². The van der Waals surface area contributed by atoms with E-state index in [2.05, 4.69) is 49.8 Å². The summed E-state index contributed by atoms with van der Waals surface area (Å²) in [5, 5.41) is 4.52. The largest absolute Gasteiger partial charge is 0.356 e. The minimum Gasteiger partial charge on any atom is -0.356 e. The molecule has 1 aromatic rings. The van der Waals surface area contributed by atoms with Crippen LogP contribution in [0.25, 0.3) is 0 Å². The number of aromatic nitrogens is 1. The lowest BCUT2D eigenvalue weighted by Crippen LogP contribution is -2.72. The number of aryl methyl sites for hydroxylation is 1. The van der Waals surface area contributed by atoms with Crippen molar-refractivity contribution >= 4 is 41.3 Å². The highest BCUT2D eigenvalue weighted by Gasteiger charge is 2.53. The number of nitrogens with one attached hydrogen (secondary N) is 1. The molecule has 2 rings (SSSR count). The van der Waals surface area contributed by atoms with Crippen molar-refractivity contribution in [3.63, 3.8) is 0 Å². The normalized spacial score (nSPS) is 19.7. The molecule has 0 aromatic carbocycles. The molecule has 120 valence electrons. The van der Waals surface area contributed by atoms with Crippen LogP contribution in [0.5, 0.6) is 0 Å². The number of hydrogen-bond donors (Lipinski definition) is 1. The zero-order valence-corrected chi connectivity index (χ0v) is 17.0. The molecule has 0 atom stereocenters. The molecule has 0 amide bonds. The van der Waals surface area contributed by atoms with Gasteiger partial charge in [-0.15, -0.1) is 35.3 Å². The van der Waals surface area contributed by atoms with Gasteiger partial charge in [0.1, 0.15) is 0 Å². The van der Waals surface area contributed by atoms with Gasteiger partial charge >= 0.3 is 0 Å². The Morgan fingerprint density at radius 3 is 2.52 bits per heavy atom. The van der Waals surface area contributed by atoms with Gasteiger partial charge in [0, 0.05) is 35.1 Å². The fourth-order valence-corrected chi connectivity index (χ4v) is 3.15. The van der Waals surface area contributed by atoms with E-state index < -0.39 is 0 Å². The molecule has 2 heterocycles. The predicted molar refractivity (Wildman–Crippen MR) is 102 cm³/mol. The smallest absolute Gasteiger partial charge is 0.194 e. The third-order valence-electron chi connectivity index (χ3n) is 4.53. The molecular formula is C15H27IN4S. The first-order chi connectivity index (χ1) is 9.28. The molecule has 0 bridgehead atoms. The fourth-order valence-electron chi connectivity index (χ4n) is 2.43. The summed E-state index contributed by atoms with van der Waals surface area (Å²) in [5.74, 6) is 1.02. The Morgan fingerprint density at radius 2 is 2.10 bits per heavy atom. The van der Waals surface area contributed by atoms with Crippen molar-refractivity contribution in [1.82, 2.24) is 15.2 Å². The van der Waals surface area contributed by atoms with E-state index in [1.807, 2.05) is 13.1 Å². The van der Waals surface area contributed by atoms with E-state index in [0.717, 1.165) is 24.1 Å². The molecule has 0 unspecified atom stereocenters. The Bertz CT molecular complexity index is 508. The standard InChI is InChI=1S/C15H26N4S.HI/c1-7-16-13(18-9-12-8-17-11(2)20-12)19-10-14(3,4)15(19,5)6;/h8H,7,9-10H2,1-6H3,(H,16,18);1H. The average molecular weight is 422 g/mol. The van der Waals surface area contributed by atoms with Crippen LogP contribution in [-0.2, 0) is 6.54 Å². The lowest BCUT2D eigenvalue weighted by atomic mass is 9.65. The van der Waals surface area contributed by atoms with Crippen LogP contribution in [0.1, 0.15) is 44.5 Å². The highest BCUT2D eigenvalue weighted by atomic mass is 127. The third kappa shape index (κ3) is 3.70. The lowest BCUT2D eigenvalue weighted by Gasteiger charge is -2.62. The van der Waals surface area contributed by atoms with Crippen LogP contribution in [0.4, 0.5) is 0 Å². The van der Waals surface area contributed by atoms with Crippen molar-refractivity contribution in [1.29, 1.82) is 0 Å². The Kier molecular flexibility index (Phi) is 6.06. The molecule has 0 spiro atoms. The first-order valence-electron chi connectivity index (χ1n) is 7.25. The Balaban J connectivity index is 0.00000220. The quantitative estimate of drug-likeness (QED) is 0.459. The predicted octanol–water partition coefficient (Wildman–Crippen LogP) is 3.66. The van der Waals surface area contributed by atoms with E-state index >= 15 is 0 Å². The third-order valence-corrected chi connectivity index (χ3v) is 5.43. The topological polar surface area (TPSA) is 40.5 Å². The second-order valence-electron chi connectivity index (χ2n) is 6.54. The fraction of sp³-hybridized carbons (Fsp3) is 0.733. The second-order valence-corrected chi connectivity index (χ2v) is 7.86. The summed E-state index contributed by atoms with van der Waals surface area (Å²) in [6.07, 6.45) is 1.93. The molecule has 1 saturated heterocycles. The van der Waals surface area contributed by atoms with Crippen molar-refractivity contribution in [3.8, 4) is 0 Å². The van der Waals surface area contributed by atoms with Crippen molar-refractivity contribution in [2.75, 3.05) is 13.1 Å². The number of thiazole rings is 1.